The van der Waals surface area contributed by atoms with Crippen LogP contribution in [0.1, 0.15) is 36.0 Å². The Balaban J connectivity index is 1.36. The largest absolute Gasteiger partial charge is 0.416 e. The van der Waals surface area contributed by atoms with E-state index in [0.717, 1.165) is 24.1 Å². The highest BCUT2D eigenvalue weighted by atomic mass is 32.2. The van der Waals surface area contributed by atoms with Crippen molar-refractivity contribution in [3.8, 4) is 11.1 Å². The van der Waals surface area contributed by atoms with Gasteiger partial charge in [-0.2, -0.15) is 13.2 Å². The normalized spacial score (nSPS) is 17.4. The minimum atomic E-state index is -4.42. The number of sulfonamides is 1. The maximum atomic E-state index is 13.3. The average molecular weight is 574 g/mol. The smallest absolute Gasteiger partial charge is 0.352 e. The Bertz CT molecular complexity index is 1470. The fraction of sp³-hybridized carbons (Fsp3) is 0.310. The first-order valence-corrected chi connectivity index (χ1v) is 14.3. The van der Waals surface area contributed by atoms with Crippen LogP contribution < -0.4 is 10.5 Å². The van der Waals surface area contributed by atoms with Gasteiger partial charge in [0, 0.05) is 37.5 Å². The standard InChI is InChI=1S/C29H30F3N3O4S/c1-35(18-20-9-13-21(14-10-20)23-5-2-3-8-26(23)40(33,38)39)28(37)25-7-4-6-24(25)27(36)34-17-19-11-15-22(16-12-19)29(30,31)32/h2-3,5,8-16,24-25H,4,6-7,17-18H2,1H3,(H,34,36)(H2,33,38,39). The first kappa shape index (κ1) is 29.3. The Morgan fingerprint density at radius 1 is 0.925 bits per heavy atom. The van der Waals surface area contributed by atoms with Gasteiger partial charge in [0.1, 0.15) is 0 Å². The number of nitrogens with one attached hydrogen (secondary N) is 1. The van der Waals surface area contributed by atoms with Crippen LogP contribution in [0, 0.1) is 11.8 Å². The number of nitrogens with zero attached hydrogens (tertiary/aromatic N) is 1. The third-order valence-corrected chi connectivity index (χ3v) is 8.14. The third kappa shape index (κ3) is 6.89. The molecule has 40 heavy (non-hydrogen) atoms. The van der Waals surface area contributed by atoms with E-state index in [1.165, 1.54) is 18.2 Å². The van der Waals surface area contributed by atoms with Crippen molar-refractivity contribution >= 4 is 21.8 Å². The minimum Gasteiger partial charge on any atom is -0.352 e. The van der Waals surface area contributed by atoms with Crippen LogP contribution in [0.4, 0.5) is 13.2 Å². The summed E-state index contributed by atoms with van der Waals surface area (Å²) >= 11 is 0. The monoisotopic (exact) mass is 573 g/mol. The Morgan fingerprint density at radius 3 is 2.15 bits per heavy atom. The Kier molecular flexibility index (Phi) is 8.65. The van der Waals surface area contributed by atoms with E-state index in [-0.39, 0.29) is 23.3 Å². The van der Waals surface area contributed by atoms with Gasteiger partial charge in [-0.3, -0.25) is 9.59 Å². The maximum absolute atomic E-state index is 13.3. The molecule has 3 aromatic rings. The Hall–Kier alpha value is -3.70. The summed E-state index contributed by atoms with van der Waals surface area (Å²) in [5.41, 5.74) is 1.76. The highest BCUT2D eigenvalue weighted by Gasteiger charge is 2.39. The van der Waals surface area contributed by atoms with Crippen LogP contribution in [-0.4, -0.2) is 32.2 Å². The van der Waals surface area contributed by atoms with Crippen LogP contribution in [0.5, 0.6) is 0 Å². The summed E-state index contributed by atoms with van der Waals surface area (Å²) in [6.45, 7) is 0.373. The molecule has 0 heterocycles. The van der Waals surface area contributed by atoms with Crippen LogP contribution in [0.25, 0.3) is 11.1 Å². The number of alkyl halides is 3. The van der Waals surface area contributed by atoms with Crippen molar-refractivity contribution in [1.29, 1.82) is 0 Å². The molecule has 11 heteroatoms. The van der Waals surface area contributed by atoms with Crippen molar-refractivity contribution in [2.24, 2.45) is 17.0 Å². The zero-order chi connectivity index (χ0) is 29.1. The summed E-state index contributed by atoms with van der Waals surface area (Å²) < 4.78 is 62.2. The molecule has 7 nitrogen and oxygen atoms in total. The lowest BCUT2D eigenvalue weighted by Gasteiger charge is -2.25. The molecule has 3 N–H and O–H groups in total. The van der Waals surface area contributed by atoms with Crippen molar-refractivity contribution in [1.82, 2.24) is 10.2 Å². The van der Waals surface area contributed by atoms with Gasteiger partial charge in [-0.1, -0.05) is 61.0 Å². The molecule has 1 aliphatic rings. The second kappa shape index (κ2) is 11.8. The van der Waals surface area contributed by atoms with E-state index in [2.05, 4.69) is 5.32 Å². The minimum absolute atomic E-state index is 0.0268. The summed E-state index contributed by atoms with van der Waals surface area (Å²) in [7, 11) is -2.23. The Labute approximate surface area is 231 Å². The molecule has 3 aromatic carbocycles. The fourth-order valence-corrected chi connectivity index (χ4v) is 5.84. The predicted molar refractivity (Wildman–Crippen MR) is 144 cm³/mol. The van der Waals surface area contributed by atoms with Gasteiger partial charge in [0.25, 0.3) is 0 Å². The van der Waals surface area contributed by atoms with Gasteiger partial charge >= 0.3 is 6.18 Å². The van der Waals surface area contributed by atoms with Crippen molar-refractivity contribution in [3.05, 3.63) is 89.5 Å². The number of hydrogen-bond donors (Lipinski definition) is 2. The molecule has 212 valence electrons. The van der Waals surface area contributed by atoms with Gasteiger partial charge in [-0.25, -0.2) is 13.6 Å². The first-order valence-electron chi connectivity index (χ1n) is 12.7. The third-order valence-electron chi connectivity index (χ3n) is 7.17. The van der Waals surface area contributed by atoms with Gasteiger partial charge in [0.05, 0.1) is 10.5 Å². The van der Waals surface area contributed by atoms with Crippen molar-refractivity contribution in [2.75, 3.05) is 7.05 Å². The van der Waals surface area contributed by atoms with Crippen LogP contribution >= 0.6 is 0 Å². The molecule has 2 amide bonds. The zero-order valence-electron chi connectivity index (χ0n) is 21.8. The maximum Gasteiger partial charge on any atom is 0.416 e. The summed E-state index contributed by atoms with van der Waals surface area (Å²) in [6, 6.07) is 18.2. The van der Waals surface area contributed by atoms with E-state index in [1.807, 2.05) is 12.1 Å². The summed E-state index contributed by atoms with van der Waals surface area (Å²) in [5, 5.41) is 8.11. The molecule has 0 bridgehead atoms. The van der Waals surface area contributed by atoms with E-state index in [9.17, 15) is 31.2 Å². The van der Waals surface area contributed by atoms with E-state index in [4.69, 9.17) is 5.14 Å². The van der Waals surface area contributed by atoms with Crippen LogP contribution in [0.15, 0.2) is 77.7 Å². The molecule has 0 saturated heterocycles. The highest BCUT2D eigenvalue weighted by Crippen LogP contribution is 2.34. The number of carbonyl (C=O) groups excluding carboxylic acids is 2. The molecule has 1 saturated carbocycles. The zero-order valence-corrected chi connectivity index (χ0v) is 22.6. The second-order valence-electron chi connectivity index (χ2n) is 9.99. The molecule has 4 rings (SSSR count). The summed E-state index contributed by atoms with van der Waals surface area (Å²) in [5.74, 6) is -1.45. The number of carbonyl (C=O) groups is 2. The Morgan fingerprint density at radius 2 is 1.52 bits per heavy atom. The lowest BCUT2D eigenvalue weighted by Crippen LogP contribution is -2.40. The molecular formula is C29H30F3N3O4S. The van der Waals surface area contributed by atoms with Gasteiger partial charge < -0.3 is 10.2 Å². The van der Waals surface area contributed by atoms with E-state index < -0.39 is 33.6 Å². The van der Waals surface area contributed by atoms with Gasteiger partial charge in [-0.15, -0.1) is 0 Å². The number of amides is 2. The molecule has 0 spiro atoms. The van der Waals surface area contributed by atoms with E-state index in [0.29, 0.717) is 36.1 Å². The van der Waals surface area contributed by atoms with Crippen molar-refractivity contribution in [2.45, 2.75) is 43.4 Å². The van der Waals surface area contributed by atoms with Crippen molar-refractivity contribution < 1.29 is 31.2 Å². The lowest BCUT2D eigenvalue weighted by molar-refractivity contribution is -0.140. The summed E-state index contributed by atoms with van der Waals surface area (Å²) in [6.07, 6.45) is -2.57. The topological polar surface area (TPSA) is 110 Å². The molecular weight excluding hydrogens is 543 g/mol. The molecule has 2 unspecified atom stereocenters. The van der Waals surface area contributed by atoms with Crippen molar-refractivity contribution in [3.63, 3.8) is 0 Å². The van der Waals surface area contributed by atoms with Crippen LogP contribution in [0.2, 0.25) is 0 Å². The molecule has 0 radical (unpaired) electrons. The van der Waals surface area contributed by atoms with Gasteiger partial charge in [0.2, 0.25) is 21.8 Å². The molecule has 0 aromatic heterocycles. The van der Waals surface area contributed by atoms with E-state index >= 15 is 0 Å². The highest BCUT2D eigenvalue weighted by molar-refractivity contribution is 7.89. The predicted octanol–water partition coefficient (Wildman–Crippen LogP) is 4.71. The second-order valence-corrected chi connectivity index (χ2v) is 11.5. The molecule has 0 aliphatic heterocycles. The number of nitrogens with two attached hydrogens (primary N) is 1. The van der Waals surface area contributed by atoms with E-state index in [1.54, 1.807) is 42.3 Å². The first-order chi connectivity index (χ1) is 18.8. The quantitative estimate of drug-likeness (QED) is 0.407. The molecule has 2 atom stereocenters. The number of halogens is 3. The number of benzene rings is 3. The molecule has 1 aliphatic carbocycles. The van der Waals surface area contributed by atoms with Crippen LogP contribution in [0.3, 0.4) is 0 Å². The number of rotatable bonds is 8. The SMILES string of the molecule is CN(Cc1ccc(-c2ccccc2S(N)(=O)=O)cc1)C(=O)C1CCCC1C(=O)NCc1ccc(C(F)(F)F)cc1. The number of primary sulfonamides is 1. The van der Waals surface area contributed by atoms with Gasteiger partial charge in [-0.05, 0) is 47.7 Å². The lowest BCUT2D eigenvalue weighted by atomic mass is 9.93. The average Bonchev–Trinajstić information content (AvgIpc) is 3.41. The van der Waals surface area contributed by atoms with Gasteiger partial charge in [0.15, 0.2) is 0 Å². The summed E-state index contributed by atoms with van der Waals surface area (Å²) in [4.78, 5) is 27.8. The fourth-order valence-electron chi connectivity index (χ4n) is 5.08. The number of hydrogen-bond acceptors (Lipinski definition) is 4. The molecule has 1 fully saturated rings. The van der Waals surface area contributed by atoms with Crippen LogP contribution in [-0.2, 0) is 38.9 Å².